The number of sulfonamides is 1. The Balaban J connectivity index is 2.12. The van der Waals surface area contributed by atoms with Gasteiger partial charge < -0.3 is 15.0 Å². The number of methoxy groups -OCH3 is 1. The Morgan fingerprint density at radius 1 is 1.00 bits per heavy atom. The average molecular weight is 586 g/mol. The summed E-state index contributed by atoms with van der Waals surface area (Å²) in [6.07, 6.45) is 0.330. The number of amides is 2. The van der Waals surface area contributed by atoms with Gasteiger partial charge in [0.1, 0.15) is 18.3 Å². The highest BCUT2D eigenvalue weighted by Gasteiger charge is 2.35. The molecule has 0 unspecified atom stereocenters. The molecule has 0 spiro atoms. The Morgan fingerprint density at radius 2 is 1.65 bits per heavy atom. The lowest BCUT2D eigenvalue weighted by molar-refractivity contribution is -0.140. The van der Waals surface area contributed by atoms with Crippen LogP contribution in [-0.2, 0) is 26.2 Å². The van der Waals surface area contributed by atoms with Crippen LogP contribution in [0.4, 0.5) is 5.69 Å². The molecule has 0 aliphatic rings. The maximum absolute atomic E-state index is 14.1. The fourth-order valence-electron chi connectivity index (χ4n) is 4.31. The van der Waals surface area contributed by atoms with E-state index in [-0.39, 0.29) is 29.1 Å². The van der Waals surface area contributed by atoms with E-state index >= 15 is 0 Å². The number of nitrogens with zero attached hydrogens (tertiary/aromatic N) is 2. The molecule has 3 aromatic carbocycles. The van der Waals surface area contributed by atoms with Gasteiger partial charge >= 0.3 is 0 Å². The fraction of sp³-hybridized carbons (Fsp3) is 0.333. The normalized spacial score (nSPS) is 12.1. The van der Waals surface area contributed by atoms with Crippen LogP contribution in [0, 0.1) is 6.92 Å². The highest BCUT2D eigenvalue weighted by atomic mass is 35.5. The number of benzene rings is 3. The van der Waals surface area contributed by atoms with Crippen LogP contribution in [-0.4, -0.2) is 50.9 Å². The first-order valence-electron chi connectivity index (χ1n) is 13.0. The number of carbonyl (C=O) groups is 2. The van der Waals surface area contributed by atoms with Crippen LogP contribution in [0.25, 0.3) is 0 Å². The summed E-state index contributed by atoms with van der Waals surface area (Å²) in [5.41, 5.74) is 1.77. The summed E-state index contributed by atoms with van der Waals surface area (Å²) in [7, 11) is -2.75. The Hall–Kier alpha value is -3.56. The molecule has 0 radical (unpaired) electrons. The number of hydrogen-bond donors (Lipinski definition) is 1. The molecule has 0 heterocycles. The van der Waals surface area contributed by atoms with E-state index in [2.05, 4.69) is 5.32 Å². The van der Waals surface area contributed by atoms with Crippen molar-refractivity contribution in [3.63, 3.8) is 0 Å². The molecule has 10 heteroatoms. The van der Waals surface area contributed by atoms with E-state index in [9.17, 15) is 18.0 Å². The van der Waals surface area contributed by atoms with Gasteiger partial charge in [0.2, 0.25) is 11.8 Å². The molecule has 0 aromatic heterocycles. The molecule has 0 saturated heterocycles. The standard InChI is InChI=1S/C30H36ClN3O5S/c1-6-26(30(36)32-21(2)3)33(19-23-13-15-24(31)16-14-23)29(35)20-34(27-18-22(4)12-17-28(27)39-5)40(37,38)25-10-8-7-9-11-25/h7-18,21,26H,6,19-20H2,1-5H3,(H,32,36)/t26-/m1/s1. The van der Waals surface area contributed by atoms with Crippen molar-refractivity contribution in [3.05, 3.63) is 88.9 Å². The second-order valence-electron chi connectivity index (χ2n) is 9.74. The molecule has 1 atom stereocenters. The molecule has 2 amide bonds. The smallest absolute Gasteiger partial charge is 0.264 e. The number of rotatable bonds is 12. The van der Waals surface area contributed by atoms with Crippen LogP contribution in [0.15, 0.2) is 77.7 Å². The predicted octanol–water partition coefficient (Wildman–Crippen LogP) is 5.18. The van der Waals surface area contributed by atoms with Crippen molar-refractivity contribution in [2.75, 3.05) is 18.0 Å². The molecular weight excluding hydrogens is 550 g/mol. The number of halogens is 1. The minimum Gasteiger partial charge on any atom is -0.495 e. The van der Waals surface area contributed by atoms with Crippen LogP contribution >= 0.6 is 11.6 Å². The number of hydrogen-bond acceptors (Lipinski definition) is 5. The molecule has 0 bridgehead atoms. The van der Waals surface area contributed by atoms with Crippen LogP contribution in [0.3, 0.4) is 0 Å². The maximum atomic E-state index is 14.1. The van der Waals surface area contributed by atoms with Crippen molar-refractivity contribution in [1.29, 1.82) is 0 Å². The summed E-state index contributed by atoms with van der Waals surface area (Å²) in [5, 5.41) is 3.42. The maximum Gasteiger partial charge on any atom is 0.264 e. The van der Waals surface area contributed by atoms with Gasteiger partial charge in [0.25, 0.3) is 10.0 Å². The van der Waals surface area contributed by atoms with Crippen molar-refractivity contribution in [1.82, 2.24) is 10.2 Å². The van der Waals surface area contributed by atoms with Crippen molar-refractivity contribution in [2.24, 2.45) is 0 Å². The van der Waals surface area contributed by atoms with Gasteiger partial charge in [-0.25, -0.2) is 8.42 Å². The minimum absolute atomic E-state index is 0.0280. The molecule has 0 aliphatic carbocycles. The molecular formula is C30H36ClN3O5S. The first-order valence-corrected chi connectivity index (χ1v) is 14.9. The summed E-state index contributed by atoms with van der Waals surface area (Å²) in [4.78, 5) is 28.8. The Kier molecular flexibility index (Phi) is 10.6. The van der Waals surface area contributed by atoms with E-state index in [0.717, 1.165) is 15.4 Å². The Morgan fingerprint density at radius 3 is 2.23 bits per heavy atom. The highest BCUT2D eigenvalue weighted by Crippen LogP contribution is 2.33. The lowest BCUT2D eigenvalue weighted by Crippen LogP contribution is -2.53. The average Bonchev–Trinajstić information content (AvgIpc) is 2.92. The number of aryl methyl sites for hydroxylation is 1. The van der Waals surface area contributed by atoms with Gasteiger partial charge in [0.15, 0.2) is 0 Å². The SMILES string of the molecule is CC[C@H](C(=O)NC(C)C)N(Cc1ccc(Cl)cc1)C(=O)CN(c1cc(C)ccc1OC)S(=O)(=O)c1ccccc1. The third-order valence-electron chi connectivity index (χ3n) is 6.30. The van der Waals surface area contributed by atoms with Gasteiger partial charge in [-0.15, -0.1) is 0 Å². The number of nitrogens with one attached hydrogen (secondary N) is 1. The van der Waals surface area contributed by atoms with Gasteiger partial charge in [-0.05, 0) is 74.7 Å². The van der Waals surface area contributed by atoms with E-state index in [1.807, 2.05) is 27.7 Å². The third kappa shape index (κ3) is 7.55. The largest absolute Gasteiger partial charge is 0.495 e. The van der Waals surface area contributed by atoms with E-state index < -0.39 is 28.5 Å². The zero-order valence-corrected chi connectivity index (χ0v) is 25.0. The summed E-state index contributed by atoms with van der Waals surface area (Å²) in [6, 6.07) is 19.0. The molecule has 0 fully saturated rings. The summed E-state index contributed by atoms with van der Waals surface area (Å²) < 4.78 is 34.5. The van der Waals surface area contributed by atoms with Crippen LogP contribution in [0.1, 0.15) is 38.3 Å². The van der Waals surface area contributed by atoms with Crippen molar-refractivity contribution in [3.8, 4) is 5.75 Å². The molecule has 3 aromatic rings. The van der Waals surface area contributed by atoms with Gasteiger partial charge in [0, 0.05) is 17.6 Å². The highest BCUT2D eigenvalue weighted by molar-refractivity contribution is 7.92. The second-order valence-corrected chi connectivity index (χ2v) is 12.0. The molecule has 8 nitrogen and oxygen atoms in total. The molecule has 0 aliphatic heterocycles. The van der Waals surface area contributed by atoms with E-state index in [1.165, 1.54) is 24.1 Å². The summed E-state index contributed by atoms with van der Waals surface area (Å²) in [6.45, 7) is 6.87. The van der Waals surface area contributed by atoms with E-state index in [1.54, 1.807) is 60.7 Å². The number of ether oxygens (including phenoxy) is 1. The molecule has 0 saturated carbocycles. The third-order valence-corrected chi connectivity index (χ3v) is 8.32. The topological polar surface area (TPSA) is 96.0 Å². The fourth-order valence-corrected chi connectivity index (χ4v) is 5.88. The zero-order chi connectivity index (χ0) is 29.4. The Bertz CT molecular complexity index is 1410. The second kappa shape index (κ2) is 13.7. The summed E-state index contributed by atoms with van der Waals surface area (Å²) >= 11 is 6.06. The van der Waals surface area contributed by atoms with Gasteiger partial charge in [-0.1, -0.05) is 54.9 Å². The quantitative estimate of drug-likeness (QED) is 0.316. The van der Waals surface area contributed by atoms with E-state index in [0.29, 0.717) is 17.2 Å². The first-order chi connectivity index (χ1) is 19.0. The molecule has 1 N–H and O–H groups in total. The molecule has 214 valence electrons. The summed E-state index contributed by atoms with van der Waals surface area (Å²) in [5.74, 6) is -0.555. The zero-order valence-electron chi connectivity index (χ0n) is 23.4. The van der Waals surface area contributed by atoms with Crippen LogP contribution in [0.5, 0.6) is 5.75 Å². The first kappa shape index (κ1) is 31.0. The van der Waals surface area contributed by atoms with Crippen LogP contribution < -0.4 is 14.4 Å². The van der Waals surface area contributed by atoms with E-state index in [4.69, 9.17) is 16.3 Å². The predicted molar refractivity (Wildman–Crippen MR) is 158 cm³/mol. The van der Waals surface area contributed by atoms with Gasteiger partial charge in [-0.2, -0.15) is 0 Å². The lowest BCUT2D eigenvalue weighted by Gasteiger charge is -2.34. The molecule has 40 heavy (non-hydrogen) atoms. The van der Waals surface area contributed by atoms with Gasteiger partial charge in [0.05, 0.1) is 17.7 Å². The molecule has 3 rings (SSSR count). The monoisotopic (exact) mass is 585 g/mol. The van der Waals surface area contributed by atoms with Crippen molar-refractivity contribution in [2.45, 2.75) is 57.6 Å². The lowest BCUT2D eigenvalue weighted by atomic mass is 10.1. The number of carbonyl (C=O) groups excluding carboxylic acids is 2. The van der Waals surface area contributed by atoms with Crippen molar-refractivity contribution < 1.29 is 22.7 Å². The Labute approximate surface area is 241 Å². The van der Waals surface area contributed by atoms with Crippen LogP contribution in [0.2, 0.25) is 5.02 Å². The van der Waals surface area contributed by atoms with Gasteiger partial charge in [-0.3, -0.25) is 13.9 Å². The van der Waals surface area contributed by atoms with Crippen molar-refractivity contribution >= 4 is 39.1 Å². The minimum atomic E-state index is -4.19. The number of anilines is 1.